The maximum absolute atomic E-state index is 12.4. The fourth-order valence-corrected chi connectivity index (χ4v) is 3.75. The fraction of sp³-hybridized carbons (Fsp3) is 0.625. The molecule has 0 amide bonds. The topological polar surface area (TPSA) is 29.1 Å². The monoisotopic (exact) mass is 281 g/mol. The number of aryl methyl sites for hydroxylation is 2. The Bertz CT molecular complexity index is 442. The average Bonchev–Trinajstić information content (AvgIpc) is 2.35. The van der Waals surface area contributed by atoms with Crippen LogP contribution in [0.25, 0.3) is 0 Å². The lowest BCUT2D eigenvalue weighted by Gasteiger charge is -2.22. The zero-order chi connectivity index (χ0) is 14.6. The molecule has 0 saturated carbocycles. The minimum Gasteiger partial charge on any atom is -0.312 e. The van der Waals surface area contributed by atoms with Crippen LogP contribution in [0.1, 0.15) is 43.5 Å². The number of hydrogen-bond acceptors (Lipinski definition) is 2. The van der Waals surface area contributed by atoms with Gasteiger partial charge in [0.1, 0.15) is 0 Å². The van der Waals surface area contributed by atoms with Gasteiger partial charge in [0.25, 0.3) is 0 Å². The molecular formula is C16H27NOS. The van der Waals surface area contributed by atoms with Gasteiger partial charge in [0.05, 0.1) is 0 Å². The van der Waals surface area contributed by atoms with E-state index in [-0.39, 0.29) is 11.3 Å². The van der Waals surface area contributed by atoms with Crippen LogP contribution < -0.4 is 5.32 Å². The molecule has 3 atom stereocenters. The Morgan fingerprint density at radius 1 is 1.21 bits per heavy atom. The van der Waals surface area contributed by atoms with Crippen LogP contribution >= 0.6 is 0 Å². The van der Waals surface area contributed by atoms with E-state index in [9.17, 15) is 4.21 Å². The standard InChI is InChI=1S/C16H27NOS/c1-11(2)14(5)19(18)10-16(17-6)15-8-7-12(3)9-13(15)4/h7-9,11,14,16-17H,10H2,1-6H3. The molecule has 1 aromatic rings. The summed E-state index contributed by atoms with van der Waals surface area (Å²) >= 11 is 0. The molecule has 0 radical (unpaired) electrons. The smallest absolute Gasteiger partial charge is 0.0437 e. The molecule has 0 aromatic heterocycles. The molecule has 2 nitrogen and oxygen atoms in total. The molecule has 0 heterocycles. The first-order chi connectivity index (χ1) is 8.86. The van der Waals surface area contributed by atoms with E-state index in [2.05, 4.69) is 58.1 Å². The highest BCUT2D eigenvalue weighted by atomic mass is 32.2. The SMILES string of the molecule is CNC(CS(=O)C(C)C(C)C)c1ccc(C)cc1C. The molecule has 1 aromatic carbocycles. The summed E-state index contributed by atoms with van der Waals surface area (Å²) in [5.41, 5.74) is 3.80. The van der Waals surface area contributed by atoms with Crippen LogP contribution in [0.4, 0.5) is 0 Å². The first-order valence-corrected chi connectivity index (χ1v) is 8.36. The van der Waals surface area contributed by atoms with Crippen LogP contribution in [0.2, 0.25) is 0 Å². The number of nitrogens with one attached hydrogen (secondary N) is 1. The quantitative estimate of drug-likeness (QED) is 0.866. The van der Waals surface area contributed by atoms with E-state index in [0.29, 0.717) is 11.7 Å². The minimum atomic E-state index is -0.801. The molecule has 1 rings (SSSR count). The maximum atomic E-state index is 12.4. The van der Waals surface area contributed by atoms with E-state index in [1.807, 2.05) is 7.05 Å². The van der Waals surface area contributed by atoms with Crippen molar-refractivity contribution in [3.63, 3.8) is 0 Å². The predicted molar refractivity (Wildman–Crippen MR) is 85.0 cm³/mol. The Morgan fingerprint density at radius 2 is 1.84 bits per heavy atom. The normalized spacial score (nSPS) is 16.4. The second kappa shape index (κ2) is 7.20. The van der Waals surface area contributed by atoms with E-state index in [1.165, 1.54) is 16.7 Å². The Balaban J connectivity index is 2.86. The molecule has 0 aliphatic heterocycles. The van der Waals surface area contributed by atoms with Crippen LogP contribution in [0.15, 0.2) is 18.2 Å². The molecule has 3 heteroatoms. The van der Waals surface area contributed by atoms with Crippen LogP contribution in [0, 0.1) is 19.8 Å². The molecule has 0 aliphatic rings. The zero-order valence-electron chi connectivity index (χ0n) is 13.0. The van der Waals surface area contributed by atoms with Gasteiger partial charge in [0.15, 0.2) is 0 Å². The van der Waals surface area contributed by atoms with Gasteiger partial charge in [0.2, 0.25) is 0 Å². The van der Waals surface area contributed by atoms with Gasteiger partial charge in [0, 0.05) is 27.8 Å². The van der Waals surface area contributed by atoms with E-state index >= 15 is 0 Å². The van der Waals surface area contributed by atoms with E-state index in [4.69, 9.17) is 0 Å². The van der Waals surface area contributed by atoms with Gasteiger partial charge >= 0.3 is 0 Å². The summed E-state index contributed by atoms with van der Waals surface area (Å²) in [6, 6.07) is 6.64. The Labute approximate surface area is 120 Å². The third kappa shape index (κ3) is 4.43. The second-order valence-corrected chi connectivity index (χ2v) is 7.54. The average molecular weight is 281 g/mol. The molecule has 0 aliphatic carbocycles. The lowest BCUT2D eigenvalue weighted by Crippen LogP contribution is -2.29. The Morgan fingerprint density at radius 3 is 2.32 bits per heavy atom. The molecule has 0 fully saturated rings. The highest BCUT2D eigenvalue weighted by Gasteiger charge is 2.20. The summed E-state index contributed by atoms with van der Waals surface area (Å²) in [6.07, 6.45) is 0. The van der Waals surface area contributed by atoms with Gasteiger partial charge in [-0.3, -0.25) is 4.21 Å². The molecule has 108 valence electrons. The predicted octanol–water partition coefficient (Wildman–Crippen LogP) is 3.36. The molecule has 19 heavy (non-hydrogen) atoms. The summed E-state index contributed by atoms with van der Waals surface area (Å²) in [6.45, 7) is 10.6. The summed E-state index contributed by atoms with van der Waals surface area (Å²) in [5, 5.41) is 3.55. The second-order valence-electron chi connectivity index (χ2n) is 5.70. The van der Waals surface area contributed by atoms with Gasteiger partial charge in [-0.2, -0.15) is 0 Å². The molecule has 0 saturated heterocycles. The van der Waals surface area contributed by atoms with Gasteiger partial charge in [-0.25, -0.2) is 0 Å². The van der Waals surface area contributed by atoms with Crippen LogP contribution in [0.3, 0.4) is 0 Å². The van der Waals surface area contributed by atoms with E-state index in [1.54, 1.807) is 0 Å². The maximum Gasteiger partial charge on any atom is 0.0437 e. The van der Waals surface area contributed by atoms with Crippen molar-refractivity contribution < 1.29 is 4.21 Å². The van der Waals surface area contributed by atoms with E-state index in [0.717, 1.165) is 0 Å². The first kappa shape index (κ1) is 16.4. The van der Waals surface area contributed by atoms with Gasteiger partial charge in [-0.1, -0.05) is 44.5 Å². The van der Waals surface area contributed by atoms with E-state index < -0.39 is 10.8 Å². The van der Waals surface area contributed by atoms with Crippen molar-refractivity contribution in [2.45, 2.75) is 45.9 Å². The highest BCUT2D eigenvalue weighted by Crippen LogP contribution is 2.21. The third-order valence-electron chi connectivity index (χ3n) is 3.83. The van der Waals surface area contributed by atoms with Gasteiger partial charge in [-0.15, -0.1) is 0 Å². The van der Waals surface area contributed by atoms with Crippen LogP contribution in [-0.2, 0) is 10.8 Å². The fourth-order valence-electron chi connectivity index (χ4n) is 2.16. The highest BCUT2D eigenvalue weighted by molar-refractivity contribution is 7.85. The van der Waals surface area contributed by atoms with Crippen molar-refractivity contribution in [1.29, 1.82) is 0 Å². The van der Waals surface area contributed by atoms with Crippen molar-refractivity contribution in [2.24, 2.45) is 5.92 Å². The van der Waals surface area contributed by atoms with Crippen molar-refractivity contribution in [2.75, 3.05) is 12.8 Å². The molecule has 1 N–H and O–H groups in total. The Hall–Kier alpha value is -0.670. The summed E-state index contributed by atoms with van der Waals surface area (Å²) < 4.78 is 12.4. The summed E-state index contributed by atoms with van der Waals surface area (Å²) in [5.74, 6) is 1.14. The molecule has 0 bridgehead atoms. The van der Waals surface area contributed by atoms with Crippen LogP contribution in [-0.4, -0.2) is 22.3 Å². The summed E-state index contributed by atoms with van der Waals surface area (Å²) in [4.78, 5) is 0. The summed E-state index contributed by atoms with van der Waals surface area (Å²) in [7, 11) is 1.14. The largest absolute Gasteiger partial charge is 0.312 e. The third-order valence-corrected chi connectivity index (χ3v) is 5.87. The zero-order valence-corrected chi connectivity index (χ0v) is 13.8. The van der Waals surface area contributed by atoms with Crippen molar-refractivity contribution in [1.82, 2.24) is 5.32 Å². The van der Waals surface area contributed by atoms with Crippen LogP contribution in [0.5, 0.6) is 0 Å². The number of benzene rings is 1. The molecule has 3 unspecified atom stereocenters. The first-order valence-electron chi connectivity index (χ1n) is 6.98. The van der Waals surface area contributed by atoms with Crippen molar-refractivity contribution in [3.05, 3.63) is 34.9 Å². The van der Waals surface area contributed by atoms with Crippen molar-refractivity contribution in [3.8, 4) is 0 Å². The van der Waals surface area contributed by atoms with Gasteiger partial charge < -0.3 is 5.32 Å². The number of hydrogen-bond donors (Lipinski definition) is 1. The molecule has 0 spiro atoms. The number of rotatable bonds is 6. The minimum absolute atomic E-state index is 0.169. The lowest BCUT2D eigenvalue weighted by atomic mass is 10.0. The lowest BCUT2D eigenvalue weighted by molar-refractivity contribution is 0.589. The molecular weight excluding hydrogens is 254 g/mol. The van der Waals surface area contributed by atoms with Gasteiger partial charge in [-0.05, 0) is 37.9 Å². The Kier molecular flexibility index (Phi) is 6.21. The van der Waals surface area contributed by atoms with Crippen molar-refractivity contribution >= 4 is 10.8 Å².